The summed E-state index contributed by atoms with van der Waals surface area (Å²) in [5, 5.41) is 12.3. The predicted molar refractivity (Wildman–Crippen MR) is 60.9 cm³/mol. The second kappa shape index (κ2) is 5.45. The smallest absolute Gasteiger partial charge is 0.366 e. The molecule has 3 nitrogen and oxygen atoms in total. The summed E-state index contributed by atoms with van der Waals surface area (Å²) in [5.41, 5.74) is -0.746. The average molecular weight is 264 g/mol. The van der Waals surface area contributed by atoms with Crippen LogP contribution in [-0.2, 0) is 4.74 Å². The van der Waals surface area contributed by atoms with Gasteiger partial charge in [0.25, 0.3) is 0 Å². The fourth-order valence-electron chi connectivity index (χ4n) is 2.30. The zero-order valence-electron chi connectivity index (χ0n) is 10.8. The lowest BCUT2D eigenvalue weighted by atomic mass is 9.98. The zero-order chi connectivity index (χ0) is 14.0. The van der Waals surface area contributed by atoms with Crippen molar-refractivity contribution in [3.63, 3.8) is 0 Å². The van der Waals surface area contributed by atoms with E-state index in [2.05, 4.69) is 11.4 Å². The van der Waals surface area contributed by atoms with Gasteiger partial charge in [-0.1, -0.05) is 0 Å². The molecule has 3 unspecified atom stereocenters. The summed E-state index contributed by atoms with van der Waals surface area (Å²) in [4.78, 5) is 0. The lowest BCUT2D eigenvalue weighted by Crippen LogP contribution is -2.46. The lowest BCUT2D eigenvalue weighted by molar-refractivity contribution is -0.226. The van der Waals surface area contributed by atoms with Crippen molar-refractivity contribution in [3.05, 3.63) is 0 Å². The van der Waals surface area contributed by atoms with E-state index in [1.54, 1.807) is 0 Å². The molecule has 0 aromatic carbocycles. The maximum Gasteiger partial charge on any atom is 0.414 e. The Kier molecular flexibility index (Phi) is 4.62. The molecule has 0 spiro atoms. The van der Waals surface area contributed by atoms with Crippen molar-refractivity contribution < 1.29 is 17.9 Å². The molecule has 3 atom stereocenters. The Bertz CT molecular complexity index is 324. The molecule has 18 heavy (non-hydrogen) atoms. The molecule has 1 fully saturated rings. The van der Waals surface area contributed by atoms with Crippen LogP contribution in [0.15, 0.2) is 0 Å². The molecule has 1 rings (SSSR count). The van der Waals surface area contributed by atoms with E-state index >= 15 is 0 Å². The fourth-order valence-corrected chi connectivity index (χ4v) is 2.30. The highest BCUT2D eigenvalue weighted by Gasteiger charge is 2.44. The lowest BCUT2D eigenvalue weighted by Gasteiger charge is -2.26. The first-order chi connectivity index (χ1) is 8.18. The van der Waals surface area contributed by atoms with Gasteiger partial charge in [-0.2, -0.15) is 18.4 Å². The van der Waals surface area contributed by atoms with Crippen molar-refractivity contribution in [3.8, 4) is 6.07 Å². The van der Waals surface area contributed by atoms with E-state index in [-0.39, 0.29) is 6.04 Å². The summed E-state index contributed by atoms with van der Waals surface area (Å²) < 4.78 is 42.1. The SMILES string of the molecule is CC(C)NC1(C#N)CCC(OC(C)C(F)(F)F)C1. The Labute approximate surface area is 105 Å². The molecule has 6 heteroatoms. The molecule has 0 bridgehead atoms. The molecule has 0 aromatic rings. The minimum absolute atomic E-state index is 0.114. The van der Waals surface area contributed by atoms with Gasteiger partial charge in [-0.25, -0.2) is 0 Å². The van der Waals surface area contributed by atoms with Crippen LogP contribution in [-0.4, -0.2) is 30.0 Å². The molecule has 0 aromatic heterocycles. The summed E-state index contributed by atoms with van der Waals surface area (Å²) in [6.45, 7) is 4.82. The summed E-state index contributed by atoms with van der Waals surface area (Å²) >= 11 is 0. The maximum atomic E-state index is 12.4. The van der Waals surface area contributed by atoms with E-state index in [9.17, 15) is 18.4 Å². The van der Waals surface area contributed by atoms with Crippen molar-refractivity contribution in [1.29, 1.82) is 5.26 Å². The minimum Gasteiger partial charge on any atom is -0.366 e. The molecule has 0 saturated heterocycles. The normalized spacial score (nSPS) is 30.4. The van der Waals surface area contributed by atoms with Gasteiger partial charge in [-0.3, -0.25) is 5.32 Å². The zero-order valence-corrected chi connectivity index (χ0v) is 10.8. The van der Waals surface area contributed by atoms with Crippen LogP contribution < -0.4 is 5.32 Å². The van der Waals surface area contributed by atoms with Crippen LogP contribution >= 0.6 is 0 Å². The number of nitrogens with zero attached hydrogens (tertiary/aromatic N) is 1. The highest BCUT2D eigenvalue weighted by Crippen LogP contribution is 2.34. The number of nitriles is 1. The van der Waals surface area contributed by atoms with Crippen molar-refractivity contribution in [2.45, 2.75) is 70.0 Å². The molecule has 0 amide bonds. The van der Waals surface area contributed by atoms with Crippen LogP contribution in [0.1, 0.15) is 40.0 Å². The van der Waals surface area contributed by atoms with Crippen molar-refractivity contribution in [2.24, 2.45) is 0 Å². The molecular formula is C12H19F3N2O. The van der Waals surface area contributed by atoms with E-state index in [0.29, 0.717) is 19.3 Å². The Morgan fingerprint density at radius 1 is 1.39 bits per heavy atom. The first kappa shape index (κ1) is 15.3. The van der Waals surface area contributed by atoms with E-state index in [1.807, 2.05) is 13.8 Å². The molecule has 0 heterocycles. The second-order valence-corrected chi connectivity index (χ2v) is 5.18. The summed E-state index contributed by atoms with van der Waals surface area (Å²) in [6.07, 6.45) is -5.32. The molecule has 104 valence electrons. The molecule has 1 saturated carbocycles. The van der Waals surface area contributed by atoms with Gasteiger partial charge in [0, 0.05) is 12.5 Å². The Morgan fingerprint density at radius 3 is 2.44 bits per heavy atom. The van der Waals surface area contributed by atoms with Gasteiger partial charge in [-0.15, -0.1) is 0 Å². The van der Waals surface area contributed by atoms with Gasteiger partial charge in [0.05, 0.1) is 12.2 Å². The number of halogens is 3. The summed E-state index contributed by atoms with van der Waals surface area (Å²) in [5.74, 6) is 0. The number of alkyl halides is 3. The monoisotopic (exact) mass is 264 g/mol. The summed E-state index contributed by atoms with van der Waals surface area (Å²) in [6, 6.07) is 2.29. The van der Waals surface area contributed by atoms with Gasteiger partial charge in [0.1, 0.15) is 5.54 Å². The van der Waals surface area contributed by atoms with Gasteiger partial charge in [-0.05, 0) is 33.6 Å². The van der Waals surface area contributed by atoms with Crippen LogP contribution in [0.25, 0.3) is 0 Å². The first-order valence-electron chi connectivity index (χ1n) is 6.09. The third kappa shape index (κ3) is 3.85. The topological polar surface area (TPSA) is 45.0 Å². The standard InChI is InChI=1S/C12H19F3N2O/c1-8(2)17-11(7-16)5-4-10(6-11)18-9(3)12(13,14)15/h8-10,17H,4-6H2,1-3H3. The van der Waals surface area contributed by atoms with Crippen LogP contribution in [0, 0.1) is 11.3 Å². The van der Waals surface area contributed by atoms with Gasteiger partial charge in [0.15, 0.2) is 6.10 Å². The fraction of sp³-hybridized carbons (Fsp3) is 0.917. The van der Waals surface area contributed by atoms with Crippen LogP contribution in [0.5, 0.6) is 0 Å². The van der Waals surface area contributed by atoms with Crippen LogP contribution in [0.4, 0.5) is 13.2 Å². The molecule has 1 N–H and O–H groups in total. The second-order valence-electron chi connectivity index (χ2n) is 5.18. The Morgan fingerprint density at radius 2 is 2.00 bits per heavy atom. The van der Waals surface area contributed by atoms with E-state index in [4.69, 9.17) is 4.74 Å². The number of nitrogens with one attached hydrogen (secondary N) is 1. The molecular weight excluding hydrogens is 245 g/mol. The predicted octanol–water partition coefficient (Wildman–Crippen LogP) is 2.77. The largest absolute Gasteiger partial charge is 0.414 e. The third-order valence-electron chi connectivity index (χ3n) is 3.11. The van der Waals surface area contributed by atoms with Gasteiger partial charge in [0.2, 0.25) is 0 Å². The third-order valence-corrected chi connectivity index (χ3v) is 3.11. The van der Waals surface area contributed by atoms with E-state index in [1.165, 1.54) is 0 Å². The summed E-state index contributed by atoms with van der Waals surface area (Å²) in [7, 11) is 0. The molecule has 1 aliphatic rings. The number of rotatable bonds is 4. The quantitative estimate of drug-likeness (QED) is 0.849. The molecule has 1 aliphatic carbocycles. The number of hydrogen-bond donors (Lipinski definition) is 1. The molecule has 0 radical (unpaired) electrons. The van der Waals surface area contributed by atoms with E-state index < -0.39 is 23.9 Å². The highest BCUT2D eigenvalue weighted by atomic mass is 19.4. The van der Waals surface area contributed by atoms with Gasteiger partial charge >= 0.3 is 6.18 Å². The molecule has 0 aliphatic heterocycles. The highest BCUT2D eigenvalue weighted by molar-refractivity contribution is 5.12. The maximum absolute atomic E-state index is 12.4. The van der Waals surface area contributed by atoms with Crippen LogP contribution in [0.3, 0.4) is 0 Å². The van der Waals surface area contributed by atoms with E-state index in [0.717, 1.165) is 6.92 Å². The van der Waals surface area contributed by atoms with Gasteiger partial charge < -0.3 is 4.74 Å². The minimum atomic E-state index is -4.34. The number of hydrogen-bond acceptors (Lipinski definition) is 3. The van der Waals surface area contributed by atoms with Crippen molar-refractivity contribution >= 4 is 0 Å². The Hall–Kier alpha value is -0.800. The van der Waals surface area contributed by atoms with Crippen molar-refractivity contribution in [1.82, 2.24) is 5.32 Å². The first-order valence-corrected chi connectivity index (χ1v) is 6.09. The van der Waals surface area contributed by atoms with Crippen LogP contribution in [0.2, 0.25) is 0 Å². The average Bonchev–Trinajstić information content (AvgIpc) is 2.60. The number of ether oxygens (including phenoxy) is 1. The Balaban J connectivity index is 2.58. The van der Waals surface area contributed by atoms with Crippen molar-refractivity contribution in [2.75, 3.05) is 0 Å².